The maximum absolute atomic E-state index is 11.8. The minimum absolute atomic E-state index is 0.220. The molecule has 0 aliphatic carbocycles. The molecular weight excluding hydrogens is 268 g/mol. The van der Waals surface area contributed by atoms with E-state index in [-0.39, 0.29) is 12.5 Å². The second-order valence-electron chi connectivity index (χ2n) is 4.80. The summed E-state index contributed by atoms with van der Waals surface area (Å²) in [7, 11) is 0. The van der Waals surface area contributed by atoms with Crippen LogP contribution in [0.5, 0.6) is 0 Å². The second-order valence-corrected chi connectivity index (χ2v) is 4.80. The Morgan fingerprint density at radius 3 is 2.62 bits per heavy atom. The number of nitrogens with two attached hydrogens (primary N) is 1. The molecule has 0 radical (unpaired) electrons. The quantitative estimate of drug-likeness (QED) is 0.779. The van der Waals surface area contributed by atoms with Gasteiger partial charge in [0.15, 0.2) is 0 Å². The lowest BCUT2D eigenvalue weighted by Gasteiger charge is -2.28. The van der Waals surface area contributed by atoms with Crippen LogP contribution in [0.1, 0.15) is 31.7 Å². The maximum Gasteiger partial charge on any atom is 0.331 e. The topological polar surface area (TPSA) is 99.2 Å². The van der Waals surface area contributed by atoms with Gasteiger partial charge in [0.1, 0.15) is 6.42 Å². The van der Waals surface area contributed by atoms with E-state index in [0.29, 0.717) is 6.42 Å². The zero-order chi connectivity index (χ0) is 15.7. The molecular formula is C15H20N4O2. The van der Waals surface area contributed by atoms with Crippen LogP contribution >= 0.6 is 0 Å². The van der Waals surface area contributed by atoms with E-state index in [9.17, 15) is 9.59 Å². The average Bonchev–Trinajstić information content (AvgIpc) is 2.45. The first kappa shape index (κ1) is 16.5. The number of benzene rings is 1. The summed E-state index contributed by atoms with van der Waals surface area (Å²) in [5.74, 6) is -0.455. The number of carbonyl (C=O) groups is 2. The molecule has 3 N–H and O–H groups in total. The fourth-order valence-electron chi connectivity index (χ4n) is 2.07. The van der Waals surface area contributed by atoms with E-state index >= 15 is 0 Å². The zero-order valence-corrected chi connectivity index (χ0v) is 12.1. The Bertz CT molecular complexity index is 510. The number of nitrogens with one attached hydrogen (secondary N) is 1. The third-order valence-electron chi connectivity index (χ3n) is 3.10. The van der Waals surface area contributed by atoms with Gasteiger partial charge in [0.05, 0.1) is 12.1 Å². The summed E-state index contributed by atoms with van der Waals surface area (Å²) >= 11 is 0. The minimum atomic E-state index is -0.809. The highest BCUT2D eigenvalue weighted by atomic mass is 16.2. The van der Waals surface area contributed by atoms with Crippen molar-refractivity contribution >= 4 is 11.9 Å². The van der Waals surface area contributed by atoms with E-state index in [1.54, 1.807) is 6.07 Å². The molecule has 0 fully saturated rings. The number of hydrogen-bond acceptors (Lipinski definition) is 3. The molecule has 0 aliphatic heterocycles. The van der Waals surface area contributed by atoms with Crippen molar-refractivity contribution in [3.05, 3.63) is 35.9 Å². The molecule has 21 heavy (non-hydrogen) atoms. The van der Waals surface area contributed by atoms with Crippen LogP contribution in [0, 0.1) is 11.3 Å². The van der Waals surface area contributed by atoms with Gasteiger partial charge < -0.3 is 5.73 Å². The van der Waals surface area contributed by atoms with Crippen LogP contribution < -0.4 is 11.2 Å². The van der Waals surface area contributed by atoms with Gasteiger partial charge in [0, 0.05) is 0 Å². The van der Waals surface area contributed by atoms with Crippen LogP contribution in [0.15, 0.2) is 30.3 Å². The first-order valence-corrected chi connectivity index (χ1v) is 6.83. The van der Waals surface area contributed by atoms with Crippen molar-refractivity contribution in [2.24, 2.45) is 5.73 Å². The molecule has 6 nitrogen and oxygen atoms in total. The van der Waals surface area contributed by atoms with Crippen LogP contribution in [0.2, 0.25) is 0 Å². The number of nitrogens with zero attached hydrogens (tertiary/aromatic N) is 2. The molecule has 0 aromatic heterocycles. The van der Waals surface area contributed by atoms with E-state index in [0.717, 1.165) is 17.9 Å². The first-order chi connectivity index (χ1) is 10.0. The van der Waals surface area contributed by atoms with Gasteiger partial charge in [-0.1, -0.05) is 30.3 Å². The first-order valence-electron chi connectivity index (χ1n) is 6.83. The number of rotatable bonds is 6. The number of aryl methyl sites for hydroxylation is 1. The number of primary amides is 1. The Labute approximate surface area is 124 Å². The molecule has 3 amide bonds. The van der Waals surface area contributed by atoms with Gasteiger partial charge in [0.25, 0.3) is 5.91 Å². The maximum atomic E-state index is 11.8. The molecule has 0 heterocycles. The minimum Gasteiger partial charge on any atom is -0.350 e. The number of amides is 3. The van der Waals surface area contributed by atoms with Crippen LogP contribution in [0.3, 0.4) is 0 Å². The molecule has 0 bridgehead atoms. The molecule has 1 aromatic rings. The molecule has 112 valence electrons. The third-order valence-corrected chi connectivity index (χ3v) is 3.10. The highest BCUT2D eigenvalue weighted by Gasteiger charge is 2.20. The number of carbonyl (C=O) groups excluding carboxylic acids is 2. The summed E-state index contributed by atoms with van der Waals surface area (Å²) in [6, 6.07) is 10.8. The SMILES string of the molecule is CC(CCCc1ccccc1)N(NC(N)=O)C(=O)CC#N. The van der Waals surface area contributed by atoms with Gasteiger partial charge in [0.2, 0.25) is 0 Å². The molecule has 0 spiro atoms. The Morgan fingerprint density at radius 1 is 1.38 bits per heavy atom. The van der Waals surface area contributed by atoms with E-state index < -0.39 is 11.9 Å². The summed E-state index contributed by atoms with van der Waals surface area (Å²) in [5, 5.41) is 9.73. The zero-order valence-electron chi connectivity index (χ0n) is 12.1. The summed E-state index contributed by atoms with van der Waals surface area (Å²) in [6.07, 6.45) is 2.17. The van der Waals surface area contributed by atoms with E-state index in [1.807, 2.05) is 37.3 Å². The second kappa shape index (κ2) is 8.59. The Kier molecular flexibility index (Phi) is 6.75. The lowest BCUT2D eigenvalue weighted by atomic mass is 10.1. The predicted molar refractivity (Wildman–Crippen MR) is 78.6 cm³/mol. The van der Waals surface area contributed by atoms with E-state index in [4.69, 9.17) is 11.0 Å². The molecule has 1 rings (SSSR count). The fourth-order valence-corrected chi connectivity index (χ4v) is 2.07. The Balaban J connectivity index is 2.52. The summed E-state index contributed by atoms with van der Waals surface area (Å²) in [6.45, 7) is 1.82. The van der Waals surface area contributed by atoms with Gasteiger partial charge in [-0.15, -0.1) is 0 Å². The molecule has 6 heteroatoms. The van der Waals surface area contributed by atoms with E-state index in [1.165, 1.54) is 5.56 Å². The normalized spacial score (nSPS) is 11.2. The van der Waals surface area contributed by atoms with Gasteiger partial charge in [-0.3, -0.25) is 4.79 Å². The molecule has 1 unspecified atom stereocenters. The van der Waals surface area contributed by atoms with Crippen LogP contribution in [0.25, 0.3) is 0 Å². The summed E-state index contributed by atoms with van der Waals surface area (Å²) in [4.78, 5) is 22.7. The van der Waals surface area contributed by atoms with Crippen molar-refractivity contribution in [2.75, 3.05) is 0 Å². The molecule has 1 aromatic carbocycles. The Hall–Kier alpha value is -2.55. The average molecular weight is 288 g/mol. The van der Waals surface area contributed by atoms with Crippen molar-refractivity contribution in [1.29, 1.82) is 5.26 Å². The lowest BCUT2D eigenvalue weighted by molar-refractivity contribution is -0.134. The van der Waals surface area contributed by atoms with E-state index in [2.05, 4.69) is 5.43 Å². The standard InChI is InChI=1S/C15H20N4O2/c1-12(6-5-9-13-7-3-2-4-8-13)19(18-15(17)21)14(20)10-11-16/h2-4,7-8,12H,5-6,9-10H2,1H3,(H3,17,18,21). The smallest absolute Gasteiger partial charge is 0.331 e. The van der Waals surface area contributed by atoms with Crippen molar-refractivity contribution in [3.8, 4) is 6.07 Å². The molecule has 1 atom stereocenters. The highest BCUT2D eigenvalue weighted by molar-refractivity contribution is 5.82. The van der Waals surface area contributed by atoms with Gasteiger partial charge >= 0.3 is 6.03 Å². The van der Waals surface area contributed by atoms with Gasteiger partial charge in [-0.2, -0.15) is 5.26 Å². The monoisotopic (exact) mass is 288 g/mol. The van der Waals surface area contributed by atoms with Crippen molar-refractivity contribution < 1.29 is 9.59 Å². The summed E-state index contributed by atoms with van der Waals surface area (Å²) < 4.78 is 0. The van der Waals surface area contributed by atoms with Gasteiger partial charge in [-0.25, -0.2) is 15.2 Å². The van der Waals surface area contributed by atoms with Crippen LogP contribution in [-0.2, 0) is 11.2 Å². The largest absolute Gasteiger partial charge is 0.350 e. The number of hydrogen-bond donors (Lipinski definition) is 2. The van der Waals surface area contributed by atoms with Crippen LogP contribution in [0.4, 0.5) is 4.79 Å². The highest BCUT2D eigenvalue weighted by Crippen LogP contribution is 2.10. The molecule has 0 aliphatic rings. The fraction of sp³-hybridized carbons (Fsp3) is 0.400. The van der Waals surface area contributed by atoms with Crippen molar-refractivity contribution in [2.45, 2.75) is 38.6 Å². The number of hydrazine groups is 1. The predicted octanol–water partition coefficient (Wildman–Crippen LogP) is 1.72. The lowest BCUT2D eigenvalue weighted by Crippen LogP contribution is -2.52. The molecule has 0 saturated carbocycles. The number of urea groups is 1. The number of nitriles is 1. The third kappa shape index (κ3) is 5.95. The molecule has 0 saturated heterocycles. The summed E-state index contributed by atoms with van der Waals surface area (Å²) in [5.41, 5.74) is 8.57. The van der Waals surface area contributed by atoms with Crippen LogP contribution in [-0.4, -0.2) is 23.0 Å². The van der Waals surface area contributed by atoms with Crippen molar-refractivity contribution in [3.63, 3.8) is 0 Å². The van der Waals surface area contributed by atoms with Crippen molar-refractivity contribution in [1.82, 2.24) is 10.4 Å². The van der Waals surface area contributed by atoms with Gasteiger partial charge in [-0.05, 0) is 31.7 Å². The Morgan fingerprint density at radius 2 is 2.05 bits per heavy atom.